The average molecular weight is 344 g/mol. The van der Waals surface area contributed by atoms with E-state index >= 15 is 0 Å². The van der Waals surface area contributed by atoms with Crippen LogP contribution in [0.5, 0.6) is 0 Å². The molecular weight excluding hydrogens is 330 g/mol. The summed E-state index contributed by atoms with van der Waals surface area (Å²) in [5.74, 6) is 0.771. The van der Waals surface area contributed by atoms with Gasteiger partial charge in [-0.3, -0.25) is 4.79 Å². The molecule has 102 valence electrons. The highest BCUT2D eigenvalue weighted by Crippen LogP contribution is 2.22. The molecule has 0 fully saturated rings. The summed E-state index contributed by atoms with van der Waals surface area (Å²) in [4.78, 5) is 13.0. The molecule has 0 unspecified atom stereocenters. The van der Waals surface area contributed by atoms with Crippen LogP contribution in [0.2, 0.25) is 0 Å². The van der Waals surface area contributed by atoms with Crippen molar-refractivity contribution in [1.29, 1.82) is 0 Å². The van der Waals surface area contributed by atoms with Crippen molar-refractivity contribution in [2.45, 2.75) is 13.0 Å². The van der Waals surface area contributed by atoms with E-state index < -0.39 is 0 Å². The topological polar surface area (TPSA) is 51.5 Å². The van der Waals surface area contributed by atoms with Crippen molar-refractivity contribution in [1.82, 2.24) is 5.32 Å². The third-order valence-corrected chi connectivity index (χ3v) is 4.14. The molecule has 0 aliphatic rings. The number of hydrogen-bond acceptors (Lipinski definition) is 4. The van der Waals surface area contributed by atoms with Gasteiger partial charge in [0.25, 0.3) is 5.91 Å². The van der Waals surface area contributed by atoms with Crippen LogP contribution in [0.4, 0.5) is 0 Å². The Labute approximate surface area is 123 Å². The van der Waals surface area contributed by atoms with Crippen molar-refractivity contribution in [3.63, 3.8) is 0 Å². The number of furan rings is 1. The number of nitrogens with one attached hydrogen (secondary N) is 1. The minimum Gasteiger partial charge on any atom is -0.453 e. The third-order valence-electron chi connectivity index (χ3n) is 2.46. The zero-order chi connectivity index (χ0) is 13.7. The van der Waals surface area contributed by atoms with E-state index in [0.29, 0.717) is 24.7 Å². The molecule has 19 heavy (non-hydrogen) atoms. The van der Waals surface area contributed by atoms with Crippen LogP contribution in [0, 0.1) is 0 Å². The van der Waals surface area contributed by atoms with Crippen molar-refractivity contribution in [3.05, 3.63) is 44.4 Å². The third kappa shape index (κ3) is 4.19. The molecule has 0 aliphatic carbocycles. The molecule has 2 rings (SSSR count). The van der Waals surface area contributed by atoms with Gasteiger partial charge in [-0.25, -0.2) is 0 Å². The van der Waals surface area contributed by atoms with Crippen molar-refractivity contribution in [2.75, 3.05) is 13.7 Å². The first-order chi connectivity index (χ1) is 9.19. The molecule has 0 radical (unpaired) electrons. The van der Waals surface area contributed by atoms with Crippen molar-refractivity contribution in [2.24, 2.45) is 0 Å². The lowest BCUT2D eigenvalue weighted by Crippen LogP contribution is -2.25. The number of rotatable bonds is 6. The van der Waals surface area contributed by atoms with E-state index in [1.165, 1.54) is 4.88 Å². The molecule has 0 saturated heterocycles. The van der Waals surface area contributed by atoms with Gasteiger partial charge in [-0.1, -0.05) is 0 Å². The van der Waals surface area contributed by atoms with Crippen molar-refractivity contribution in [3.8, 4) is 0 Å². The number of carbonyl (C=O) groups is 1. The van der Waals surface area contributed by atoms with E-state index in [0.717, 1.165) is 10.2 Å². The lowest BCUT2D eigenvalue weighted by atomic mass is 10.3. The van der Waals surface area contributed by atoms with E-state index in [4.69, 9.17) is 9.15 Å². The van der Waals surface area contributed by atoms with Crippen LogP contribution >= 0.6 is 27.3 Å². The summed E-state index contributed by atoms with van der Waals surface area (Å²) in [6.07, 6.45) is 0.813. The Balaban J connectivity index is 1.80. The van der Waals surface area contributed by atoms with Gasteiger partial charge in [0.1, 0.15) is 12.4 Å². The maximum Gasteiger partial charge on any atom is 0.287 e. The number of halogens is 1. The SMILES string of the molecule is COCc1ccc(C(=O)NCCc2ccc(Br)s2)o1. The maximum absolute atomic E-state index is 11.8. The fourth-order valence-electron chi connectivity index (χ4n) is 1.59. The molecule has 1 amide bonds. The summed E-state index contributed by atoms with van der Waals surface area (Å²) >= 11 is 5.08. The van der Waals surface area contributed by atoms with E-state index in [9.17, 15) is 4.79 Å². The zero-order valence-corrected chi connectivity index (χ0v) is 12.8. The van der Waals surface area contributed by atoms with E-state index in [-0.39, 0.29) is 5.91 Å². The highest BCUT2D eigenvalue weighted by molar-refractivity contribution is 9.11. The molecule has 0 bridgehead atoms. The lowest BCUT2D eigenvalue weighted by Gasteiger charge is -2.01. The summed E-state index contributed by atoms with van der Waals surface area (Å²) in [6, 6.07) is 7.45. The standard InChI is InChI=1S/C13H14BrNO3S/c1-17-8-9-2-4-11(18-9)13(16)15-7-6-10-3-5-12(14)19-10/h2-5H,6-8H2,1H3,(H,15,16). The Morgan fingerprint density at radius 1 is 1.42 bits per heavy atom. The molecule has 2 aromatic heterocycles. The first-order valence-corrected chi connectivity index (χ1v) is 7.40. The second-order valence-corrected chi connectivity index (χ2v) is 6.46. The number of ether oxygens (including phenoxy) is 1. The first kappa shape index (κ1) is 14.3. The van der Waals surface area contributed by atoms with Gasteiger partial charge < -0.3 is 14.5 Å². The van der Waals surface area contributed by atoms with Gasteiger partial charge in [0.05, 0.1) is 3.79 Å². The van der Waals surface area contributed by atoms with E-state index in [2.05, 4.69) is 21.2 Å². The van der Waals surface area contributed by atoms with E-state index in [1.54, 1.807) is 30.6 Å². The fourth-order valence-corrected chi connectivity index (χ4v) is 3.07. The Morgan fingerprint density at radius 3 is 2.95 bits per heavy atom. The first-order valence-electron chi connectivity index (χ1n) is 5.79. The molecule has 2 heterocycles. The maximum atomic E-state index is 11.8. The van der Waals surface area contributed by atoms with E-state index in [1.807, 2.05) is 12.1 Å². The minimum atomic E-state index is -0.196. The van der Waals surface area contributed by atoms with Crippen LogP contribution < -0.4 is 5.32 Å². The monoisotopic (exact) mass is 343 g/mol. The van der Waals surface area contributed by atoms with Crippen LogP contribution in [-0.2, 0) is 17.8 Å². The molecule has 6 heteroatoms. The summed E-state index contributed by atoms with van der Waals surface area (Å²) in [5, 5.41) is 2.83. The second kappa shape index (κ2) is 6.88. The van der Waals surface area contributed by atoms with Gasteiger partial charge in [-0.2, -0.15) is 0 Å². The molecule has 0 saturated carbocycles. The number of methoxy groups -OCH3 is 1. The number of amides is 1. The van der Waals surface area contributed by atoms with Crippen LogP contribution in [0.1, 0.15) is 21.2 Å². The van der Waals surface area contributed by atoms with Crippen LogP contribution in [0.25, 0.3) is 0 Å². The molecule has 1 N–H and O–H groups in total. The fraction of sp³-hybridized carbons (Fsp3) is 0.308. The Hall–Kier alpha value is -1.11. The largest absolute Gasteiger partial charge is 0.453 e. The van der Waals surface area contributed by atoms with Gasteiger partial charge in [0, 0.05) is 18.5 Å². The predicted octanol–water partition coefficient (Wildman–Crippen LogP) is 3.22. The summed E-state index contributed by atoms with van der Waals surface area (Å²) < 4.78 is 11.4. The minimum absolute atomic E-state index is 0.196. The molecule has 0 atom stereocenters. The molecule has 2 aromatic rings. The predicted molar refractivity (Wildman–Crippen MR) is 77.5 cm³/mol. The molecule has 4 nitrogen and oxygen atoms in total. The number of hydrogen-bond donors (Lipinski definition) is 1. The van der Waals surface area contributed by atoms with Gasteiger partial charge in [-0.05, 0) is 46.6 Å². The smallest absolute Gasteiger partial charge is 0.287 e. The summed E-state index contributed by atoms with van der Waals surface area (Å²) in [5.41, 5.74) is 0. The van der Waals surface area contributed by atoms with Crippen molar-refractivity contribution < 1.29 is 13.9 Å². The Morgan fingerprint density at radius 2 is 2.26 bits per heavy atom. The van der Waals surface area contributed by atoms with Gasteiger partial charge in [-0.15, -0.1) is 11.3 Å². The molecular formula is C13H14BrNO3S. The summed E-state index contributed by atoms with van der Waals surface area (Å²) in [6.45, 7) is 0.961. The molecule has 0 spiro atoms. The highest BCUT2D eigenvalue weighted by atomic mass is 79.9. The number of thiophene rings is 1. The quantitative estimate of drug-likeness (QED) is 0.875. The lowest BCUT2D eigenvalue weighted by molar-refractivity contribution is 0.0918. The van der Waals surface area contributed by atoms with Gasteiger partial charge >= 0.3 is 0 Å². The van der Waals surface area contributed by atoms with Crippen LogP contribution in [-0.4, -0.2) is 19.6 Å². The van der Waals surface area contributed by atoms with Crippen LogP contribution in [0.3, 0.4) is 0 Å². The molecule has 0 aromatic carbocycles. The van der Waals surface area contributed by atoms with Gasteiger partial charge in [0.2, 0.25) is 0 Å². The molecule has 0 aliphatic heterocycles. The zero-order valence-electron chi connectivity index (χ0n) is 10.4. The highest BCUT2D eigenvalue weighted by Gasteiger charge is 2.10. The average Bonchev–Trinajstić information content (AvgIpc) is 2.99. The summed E-state index contributed by atoms with van der Waals surface area (Å²) in [7, 11) is 1.58. The number of carbonyl (C=O) groups excluding carboxylic acids is 1. The van der Waals surface area contributed by atoms with Crippen molar-refractivity contribution >= 4 is 33.2 Å². The van der Waals surface area contributed by atoms with Crippen LogP contribution in [0.15, 0.2) is 32.5 Å². The normalized spacial score (nSPS) is 10.6. The Bertz CT molecular complexity index is 550. The second-order valence-electron chi connectivity index (χ2n) is 3.91. The Kier molecular flexibility index (Phi) is 5.18. The van der Waals surface area contributed by atoms with Gasteiger partial charge in [0.15, 0.2) is 5.76 Å².